The van der Waals surface area contributed by atoms with E-state index in [1.807, 2.05) is 5.32 Å². The van der Waals surface area contributed by atoms with E-state index in [0.29, 0.717) is 13.0 Å². The van der Waals surface area contributed by atoms with Gasteiger partial charge in [0, 0.05) is 6.42 Å². The van der Waals surface area contributed by atoms with Crippen LogP contribution in [0.15, 0.2) is 0 Å². The van der Waals surface area contributed by atoms with Gasteiger partial charge in [-0.1, -0.05) is 0 Å². The Balaban J connectivity index is 2.66. The number of primary amides is 1. The van der Waals surface area contributed by atoms with Crippen molar-refractivity contribution in [3.8, 4) is 0 Å². The van der Waals surface area contributed by atoms with Crippen LogP contribution in [0.1, 0.15) is 32.1 Å². The molecule has 0 aromatic heterocycles. The lowest BCUT2D eigenvalue weighted by Crippen LogP contribution is -2.54. The molecule has 1 heterocycles. The molecule has 4 amide bonds. The third-order valence-corrected chi connectivity index (χ3v) is 4.12. The zero-order chi connectivity index (χ0) is 22.0. The van der Waals surface area contributed by atoms with Crippen molar-refractivity contribution in [3.63, 3.8) is 0 Å². The van der Waals surface area contributed by atoms with Gasteiger partial charge < -0.3 is 37.2 Å². The fraction of sp³-hybridized carbons (Fsp3) is 0.625. The molecule has 0 aromatic carbocycles. The van der Waals surface area contributed by atoms with Gasteiger partial charge in [-0.2, -0.15) is 0 Å². The molecule has 162 valence electrons. The molecule has 0 saturated carbocycles. The summed E-state index contributed by atoms with van der Waals surface area (Å²) in [4.78, 5) is 69.1. The van der Waals surface area contributed by atoms with Crippen LogP contribution in [-0.4, -0.2) is 77.0 Å². The molecular weight excluding hydrogens is 390 g/mol. The van der Waals surface area contributed by atoms with E-state index in [2.05, 4.69) is 16.0 Å². The van der Waals surface area contributed by atoms with E-state index in [-0.39, 0.29) is 18.7 Å². The minimum absolute atomic E-state index is 0.232. The quantitative estimate of drug-likeness (QED) is 0.169. The van der Waals surface area contributed by atoms with Gasteiger partial charge in [-0.05, 0) is 25.8 Å². The highest BCUT2D eigenvalue weighted by Gasteiger charge is 2.29. The first-order valence-corrected chi connectivity index (χ1v) is 8.94. The summed E-state index contributed by atoms with van der Waals surface area (Å²) < 4.78 is 0. The van der Waals surface area contributed by atoms with Crippen LogP contribution in [0.5, 0.6) is 0 Å². The maximum atomic E-state index is 12.3. The summed E-state index contributed by atoms with van der Waals surface area (Å²) in [6.07, 6.45) is 0.0812. The molecule has 0 aromatic rings. The number of nitrogens with one attached hydrogen (secondary N) is 4. The normalized spacial score (nSPS) is 17.6. The number of nitrogens with two attached hydrogens (primary N) is 1. The summed E-state index contributed by atoms with van der Waals surface area (Å²) >= 11 is 0. The maximum absolute atomic E-state index is 12.3. The summed E-state index contributed by atoms with van der Waals surface area (Å²) in [6.45, 7) is 0.260. The number of carboxylic acids is 2. The first kappa shape index (κ1) is 23.8. The van der Waals surface area contributed by atoms with Gasteiger partial charge in [-0.3, -0.25) is 24.0 Å². The predicted molar refractivity (Wildman–Crippen MR) is 96.2 cm³/mol. The van der Waals surface area contributed by atoms with Crippen molar-refractivity contribution in [1.29, 1.82) is 0 Å². The van der Waals surface area contributed by atoms with Crippen LogP contribution in [0.25, 0.3) is 0 Å². The number of carboxylic acid groups (broad SMARTS) is 2. The Kier molecular flexibility index (Phi) is 9.51. The Bertz CT molecular complexity index is 662. The van der Waals surface area contributed by atoms with Crippen molar-refractivity contribution < 1.29 is 39.0 Å². The molecule has 1 rings (SSSR count). The SMILES string of the molecule is NC(=O)CCC(NC(=O)CNC(=O)C1CCCN1)C(=O)NC(CC(=O)O)C(=O)O. The summed E-state index contributed by atoms with van der Waals surface area (Å²) in [6, 6.07) is -3.46. The van der Waals surface area contributed by atoms with Gasteiger partial charge >= 0.3 is 11.9 Å². The number of aliphatic carboxylic acids is 2. The molecule has 1 aliphatic rings. The molecule has 8 N–H and O–H groups in total. The van der Waals surface area contributed by atoms with Gasteiger partial charge in [-0.25, -0.2) is 4.79 Å². The molecule has 0 bridgehead atoms. The number of hydrogen-bond acceptors (Lipinski definition) is 7. The Hall–Kier alpha value is -3.22. The van der Waals surface area contributed by atoms with Crippen LogP contribution in [-0.2, 0) is 28.8 Å². The molecule has 1 aliphatic heterocycles. The van der Waals surface area contributed by atoms with E-state index in [1.165, 1.54) is 0 Å². The Morgan fingerprint density at radius 2 is 1.76 bits per heavy atom. The Morgan fingerprint density at radius 1 is 1.07 bits per heavy atom. The van der Waals surface area contributed by atoms with Crippen LogP contribution in [0.3, 0.4) is 0 Å². The molecule has 1 fully saturated rings. The molecule has 0 spiro atoms. The highest BCUT2D eigenvalue weighted by molar-refractivity contribution is 5.93. The number of carbonyl (C=O) groups excluding carboxylic acids is 4. The van der Waals surface area contributed by atoms with Crippen molar-refractivity contribution in [1.82, 2.24) is 21.3 Å². The average Bonchev–Trinajstić information content (AvgIpc) is 3.16. The monoisotopic (exact) mass is 415 g/mol. The van der Waals surface area contributed by atoms with Gasteiger partial charge in [0.15, 0.2) is 0 Å². The van der Waals surface area contributed by atoms with E-state index < -0.39 is 60.8 Å². The first-order chi connectivity index (χ1) is 13.6. The van der Waals surface area contributed by atoms with E-state index >= 15 is 0 Å². The van der Waals surface area contributed by atoms with E-state index in [4.69, 9.17) is 15.9 Å². The van der Waals surface area contributed by atoms with Crippen LogP contribution in [0.4, 0.5) is 0 Å². The number of carbonyl (C=O) groups is 6. The van der Waals surface area contributed by atoms with Gasteiger partial charge in [0.25, 0.3) is 0 Å². The predicted octanol–water partition coefficient (Wildman–Crippen LogP) is -3.35. The number of hydrogen-bond donors (Lipinski definition) is 7. The summed E-state index contributed by atoms with van der Waals surface area (Å²) in [5.41, 5.74) is 5.04. The average molecular weight is 415 g/mol. The van der Waals surface area contributed by atoms with Gasteiger partial charge in [0.1, 0.15) is 12.1 Å². The molecule has 0 radical (unpaired) electrons. The standard InChI is InChI=1S/C16H25N5O8/c17-11(22)4-3-9(15(27)21-10(16(28)29)6-13(24)25)20-12(23)7-19-14(26)8-2-1-5-18-8/h8-10,18H,1-7H2,(H2,17,22)(H,19,26)(H,20,23)(H,21,27)(H,24,25)(H,28,29). The molecule has 3 unspecified atom stereocenters. The highest BCUT2D eigenvalue weighted by Crippen LogP contribution is 2.04. The molecule has 13 nitrogen and oxygen atoms in total. The Morgan fingerprint density at radius 3 is 2.28 bits per heavy atom. The minimum atomic E-state index is -1.72. The summed E-state index contributed by atoms with van der Waals surface area (Å²) in [5, 5.41) is 27.4. The fourth-order valence-corrected chi connectivity index (χ4v) is 2.65. The molecule has 13 heteroatoms. The lowest BCUT2D eigenvalue weighted by molar-refractivity contribution is -0.147. The second kappa shape index (κ2) is 11.6. The smallest absolute Gasteiger partial charge is 0.326 e. The third kappa shape index (κ3) is 9.01. The van der Waals surface area contributed by atoms with Crippen LogP contribution >= 0.6 is 0 Å². The zero-order valence-corrected chi connectivity index (χ0v) is 15.6. The van der Waals surface area contributed by atoms with Gasteiger partial charge in [0.2, 0.25) is 23.6 Å². The highest BCUT2D eigenvalue weighted by atomic mass is 16.4. The van der Waals surface area contributed by atoms with Crippen molar-refractivity contribution >= 4 is 35.6 Å². The van der Waals surface area contributed by atoms with E-state index in [9.17, 15) is 28.8 Å². The second-order valence-corrected chi connectivity index (χ2v) is 6.49. The zero-order valence-electron chi connectivity index (χ0n) is 15.6. The fourth-order valence-electron chi connectivity index (χ4n) is 2.65. The molecular formula is C16H25N5O8. The van der Waals surface area contributed by atoms with Crippen molar-refractivity contribution in [2.24, 2.45) is 5.73 Å². The molecule has 3 atom stereocenters. The summed E-state index contributed by atoms with van der Waals surface area (Å²) in [7, 11) is 0. The molecule has 1 saturated heterocycles. The number of rotatable bonds is 12. The van der Waals surface area contributed by atoms with Crippen LogP contribution in [0, 0.1) is 0 Å². The van der Waals surface area contributed by atoms with E-state index in [1.54, 1.807) is 0 Å². The molecule has 29 heavy (non-hydrogen) atoms. The van der Waals surface area contributed by atoms with Crippen LogP contribution < -0.4 is 27.0 Å². The Labute approximate surface area is 165 Å². The lowest BCUT2D eigenvalue weighted by atomic mass is 10.1. The maximum Gasteiger partial charge on any atom is 0.326 e. The van der Waals surface area contributed by atoms with Crippen LogP contribution in [0.2, 0.25) is 0 Å². The van der Waals surface area contributed by atoms with Gasteiger partial charge in [0.05, 0.1) is 19.0 Å². The third-order valence-electron chi connectivity index (χ3n) is 4.12. The first-order valence-electron chi connectivity index (χ1n) is 8.94. The second-order valence-electron chi connectivity index (χ2n) is 6.49. The number of amides is 4. The van der Waals surface area contributed by atoms with E-state index in [0.717, 1.165) is 6.42 Å². The van der Waals surface area contributed by atoms with Gasteiger partial charge in [-0.15, -0.1) is 0 Å². The van der Waals surface area contributed by atoms with Crippen molar-refractivity contribution in [2.45, 2.75) is 50.2 Å². The minimum Gasteiger partial charge on any atom is -0.481 e. The molecule has 0 aliphatic carbocycles. The topological polar surface area (TPSA) is 217 Å². The summed E-state index contributed by atoms with van der Waals surface area (Å²) in [5.74, 6) is -5.88. The van der Waals surface area contributed by atoms with Crippen molar-refractivity contribution in [2.75, 3.05) is 13.1 Å². The largest absolute Gasteiger partial charge is 0.481 e. The van der Waals surface area contributed by atoms with Crippen molar-refractivity contribution in [3.05, 3.63) is 0 Å². The lowest BCUT2D eigenvalue weighted by Gasteiger charge is -2.21.